The van der Waals surface area contributed by atoms with Crippen molar-refractivity contribution in [1.82, 2.24) is 0 Å². The maximum absolute atomic E-state index is 11.6. The van der Waals surface area contributed by atoms with Gasteiger partial charge in [-0.1, -0.05) is 110 Å². The number of aliphatic hydroxyl groups is 3. The molecule has 1 saturated heterocycles. The van der Waals surface area contributed by atoms with E-state index < -0.39 is 18.3 Å². The molecule has 41 heavy (non-hydrogen) atoms. The van der Waals surface area contributed by atoms with Gasteiger partial charge in [0.05, 0.1) is 30.5 Å². The van der Waals surface area contributed by atoms with Crippen LogP contribution >= 0.6 is 0 Å². The van der Waals surface area contributed by atoms with Crippen molar-refractivity contribution in [3.05, 3.63) is 11.6 Å². The number of esters is 1. The molecule has 240 valence electrons. The monoisotopic (exact) mass is 580 g/mol. The minimum Gasteiger partial charge on any atom is -0.455 e. The molecule has 0 aliphatic carbocycles. The van der Waals surface area contributed by atoms with E-state index in [1.54, 1.807) is 0 Å². The minimum atomic E-state index is -0.644. The van der Waals surface area contributed by atoms with Crippen LogP contribution in [0.1, 0.15) is 168 Å². The van der Waals surface area contributed by atoms with Gasteiger partial charge in [-0.3, -0.25) is 0 Å². The average Bonchev–Trinajstić information content (AvgIpc) is 3.56. The van der Waals surface area contributed by atoms with Gasteiger partial charge in [-0.15, -0.1) is 0 Å². The molecule has 0 aromatic carbocycles. The van der Waals surface area contributed by atoms with Gasteiger partial charge in [0, 0.05) is 5.57 Å². The van der Waals surface area contributed by atoms with Crippen LogP contribution in [0.3, 0.4) is 0 Å². The van der Waals surface area contributed by atoms with Crippen molar-refractivity contribution < 1.29 is 29.6 Å². The molecule has 0 radical (unpaired) electrons. The number of unbranched alkanes of at least 4 members (excludes halogenated alkanes) is 14. The Labute approximate surface area is 251 Å². The average molecular weight is 581 g/mol. The van der Waals surface area contributed by atoms with Crippen LogP contribution in [0.5, 0.6) is 0 Å². The molecule has 2 rings (SSSR count). The zero-order valence-corrected chi connectivity index (χ0v) is 26.6. The normalized spacial score (nSPS) is 23.0. The summed E-state index contributed by atoms with van der Waals surface area (Å²) in [5.74, 6) is -0.116. The molecule has 0 aromatic rings. The van der Waals surface area contributed by atoms with Crippen molar-refractivity contribution in [3.8, 4) is 0 Å². The summed E-state index contributed by atoms with van der Waals surface area (Å²) in [5.41, 5.74) is 0.871. The highest BCUT2D eigenvalue weighted by Gasteiger charge is 2.30. The van der Waals surface area contributed by atoms with Crippen molar-refractivity contribution in [3.63, 3.8) is 0 Å². The van der Waals surface area contributed by atoms with E-state index in [-0.39, 0.29) is 18.2 Å². The van der Waals surface area contributed by atoms with Crippen LogP contribution in [-0.4, -0.2) is 57.9 Å². The Kier molecular flexibility index (Phi) is 20.0. The van der Waals surface area contributed by atoms with Gasteiger partial charge in [-0.05, 0) is 64.4 Å². The third-order valence-corrected chi connectivity index (χ3v) is 9.08. The molecule has 6 nitrogen and oxygen atoms in total. The van der Waals surface area contributed by atoms with E-state index in [1.807, 2.05) is 13.0 Å². The molecule has 2 aliphatic heterocycles. The largest absolute Gasteiger partial charge is 0.455 e. The molecule has 3 N–H and O–H groups in total. The van der Waals surface area contributed by atoms with E-state index in [1.165, 1.54) is 77.0 Å². The van der Waals surface area contributed by atoms with Crippen LogP contribution < -0.4 is 0 Å². The van der Waals surface area contributed by atoms with Crippen LogP contribution in [0.2, 0.25) is 0 Å². The van der Waals surface area contributed by atoms with Crippen LogP contribution in [0.15, 0.2) is 11.6 Å². The summed E-state index contributed by atoms with van der Waals surface area (Å²) in [4.78, 5) is 11.6. The number of hydrogen-bond acceptors (Lipinski definition) is 6. The fourth-order valence-electron chi connectivity index (χ4n) is 6.38. The summed E-state index contributed by atoms with van der Waals surface area (Å²) in [7, 11) is 0. The number of carbonyl (C=O) groups excluding carboxylic acids is 1. The smallest absolute Gasteiger partial charge is 0.334 e. The highest BCUT2D eigenvalue weighted by Crippen LogP contribution is 2.28. The number of hydrogen-bond donors (Lipinski definition) is 3. The van der Waals surface area contributed by atoms with Crippen molar-refractivity contribution in [1.29, 1.82) is 0 Å². The van der Waals surface area contributed by atoms with E-state index in [9.17, 15) is 20.1 Å². The van der Waals surface area contributed by atoms with Gasteiger partial charge in [-0.2, -0.15) is 0 Å². The van der Waals surface area contributed by atoms with Crippen molar-refractivity contribution in [2.75, 3.05) is 0 Å². The predicted octanol–water partition coefficient (Wildman–Crippen LogP) is 8.09. The first-order valence-electron chi connectivity index (χ1n) is 17.5. The fourth-order valence-corrected chi connectivity index (χ4v) is 6.38. The van der Waals surface area contributed by atoms with Crippen LogP contribution in [0, 0.1) is 0 Å². The molecule has 0 saturated carbocycles. The molecular formula is C35H64O6. The Hall–Kier alpha value is -0.950. The molecule has 2 aliphatic rings. The second-order valence-corrected chi connectivity index (χ2v) is 12.9. The molecule has 0 spiro atoms. The van der Waals surface area contributed by atoms with Gasteiger partial charge < -0.3 is 24.8 Å². The molecule has 6 atom stereocenters. The van der Waals surface area contributed by atoms with Crippen LogP contribution in [0.25, 0.3) is 0 Å². The van der Waals surface area contributed by atoms with Crippen LogP contribution in [-0.2, 0) is 14.3 Å². The SMILES string of the molecule is CCCCCCC[C@H](O)[C@H](O)CCCC[C@@H](O)[C@H]1CC[C@H](CCCCCCCCCCCCC2=C[C@H](C)OC2=O)O1. The first-order valence-corrected chi connectivity index (χ1v) is 17.5. The lowest BCUT2D eigenvalue weighted by molar-refractivity contribution is -0.139. The quantitative estimate of drug-likeness (QED) is 0.0707. The highest BCUT2D eigenvalue weighted by molar-refractivity contribution is 5.90. The summed E-state index contributed by atoms with van der Waals surface area (Å²) in [5, 5.41) is 31.0. The summed E-state index contributed by atoms with van der Waals surface area (Å²) >= 11 is 0. The standard InChI is InChI=1S/C35H64O6/c1-3-4-5-12-17-22-31(36)32(37)23-18-19-24-33(38)34-26-25-30(41-34)21-16-14-11-9-7-6-8-10-13-15-20-29-27-28(2)40-35(29)39/h27-28,30-34,36-38H,3-26H2,1-2H3/t28-,30-,31-,32+,33+,34+/m0/s1. The van der Waals surface area contributed by atoms with Gasteiger partial charge in [0.15, 0.2) is 0 Å². The number of rotatable bonds is 26. The van der Waals surface area contributed by atoms with Gasteiger partial charge in [-0.25, -0.2) is 4.79 Å². The highest BCUT2D eigenvalue weighted by atomic mass is 16.5. The summed E-state index contributed by atoms with van der Waals surface area (Å²) in [6.45, 7) is 4.11. The molecular weight excluding hydrogens is 516 g/mol. The van der Waals surface area contributed by atoms with Crippen molar-refractivity contribution in [2.45, 2.75) is 205 Å². The van der Waals surface area contributed by atoms with Crippen molar-refractivity contribution in [2.24, 2.45) is 0 Å². The zero-order valence-electron chi connectivity index (χ0n) is 26.6. The number of aliphatic hydroxyl groups excluding tert-OH is 3. The van der Waals surface area contributed by atoms with Gasteiger partial charge in [0.2, 0.25) is 0 Å². The topological polar surface area (TPSA) is 96.2 Å². The molecule has 0 unspecified atom stereocenters. The number of ether oxygens (including phenoxy) is 2. The summed E-state index contributed by atoms with van der Waals surface area (Å²) in [6.07, 6.45) is 26.5. The van der Waals surface area contributed by atoms with E-state index in [0.717, 1.165) is 63.4 Å². The van der Waals surface area contributed by atoms with Crippen LogP contribution in [0.4, 0.5) is 0 Å². The first kappa shape index (κ1) is 36.2. The molecule has 6 heteroatoms. The second kappa shape index (κ2) is 22.6. The number of cyclic esters (lactones) is 1. The summed E-state index contributed by atoms with van der Waals surface area (Å²) in [6, 6.07) is 0. The molecule has 0 amide bonds. The first-order chi connectivity index (χ1) is 19.9. The minimum absolute atomic E-state index is 0.0362. The molecule has 1 fully saturated rings. The van der Waals surface area contributed by atoms with E-state index in [4.69, 9.17) is 9.47 Å². The summed E-state index contributed by atoms with van der Waals surface area (Å²) < 4.78 is 11.3. The lowest BCUT2D eigenvalue weighted by Gasteiger charge is -2.20. The lowest BCUT2D eigenvalue weighted by atomic mass is 9.98. The van der Waals surface area contributed by atoms with Gasteiger partial charge in [0.25, 0.3) is 0 Å². The Bertz CT molecular complexity index is 694. The maximum atomic E-state index is 11.6. The van der Waals surface area contributed by atoms with E-state index in [2.05, 4.69) is 6.92 Å². The van der Waals surface area contributed by atoms with Gasteiger partial charge >= 0.3 is 5.97 Å². The van der Waals surface area contributed by atoms with E-state index >= 15 is 0 Å². The molecule has 0 bridgehead atoms. The molecule has 0 aromatic heterocycles. The predicted molar refractivity (Wildman–Crippen MR) is 167 cm³/mol. The molecule has 2 heterocycles. The second-order valence-electron chi connectivity index (χ2n) is 12.9. The van der Waals surface area contributed by atoms with E-state index in [0.29, 0.717) is 25.4 Å². The Morgan fingerprint density at radius 3 is 1.88 bits per heavy atom. The van der Waals surface area contributed by atoms with Crippen molar-refractivity contribution >= 4 is 5.97 Å². The third-order valence-electron chi connectivity index (χ3n) is 9.08. The lowest BCUT2D eigenvalue weighted by Crippen LogP contribution is -2.27. The zero-order chi connectivity index (χ0) is 29.7. The third kappa shape index (κ3) is 16.5. The number of carbonyl (C=O) groups is 1. The Morgan fingerprint density at radius 2 is 1.27 bits per heavy atom. The fraction of sp³-hybridized carbons (Fsp3) is 0.914. The Balaban J connectivity index is 1.36. The maximum Gasteiger partial charge on any atom is 0.334 e. The Morgan fingerprint density at radius 1 is 0.732 bits per heavy atom. The van der Waals surface area contributed by atoms with Gasteiger partial charge in [0.1, 0.15) is 6.10 Å².